The molecule has 1 heterocycles. The van der Waals surface area contributed by atoms with Crippen molar-refractivity contribution in [2.24, 2.45) is 0 Å². The van der Waals surface area contributed by atoms with E-state index in [1.165, 1.54) is 44.1 Å². The highest BCUT2D eigenvalue weighted by atomic mass is 35.5. The number of rotatable bonds is 9. The molecular formula is C30H25Cl2N3O6S. The van der Waals surface area contributed by atoms with Crippen molar-refractivity contribution in [3.05, 3.63) is 89.8 Å². The van der Waals surface area contributed by atoms with Gasteiger partial charge in [0.25, 0.3) is 11.5 Å². The molecule has 0 radical (unpaired) electrons. The van der Waals surface area contributed by atoms with E-state index in [1.54, 1.807) is 42.5 Å². The largest absolute Gasteiger partial charge is 0.494 e. The summed E-state index contributed by atoms with van der Waals surface area (Å²) >= 11 is 13.1. The number of anilines is 1. The van der Waals surface area contributed by atoms with Crippen molar-refractivity contribution in [3.63, 3.8) is 0 Å². The quantitative estimate of drug-likeness (QED) is 0.285. The maximum atomic E-state index is 13.9. The molecule has 1 amide bonds. The maximum absolute atomic E-state index is 13.9. The minimum Gasteiger partial charge on any atom is -0.494 e. The van der Waals surface area contributed by atoms with Crippen LogP contribution in [0.4, 0.5) is 5.69 Å². The lowest BCUT2D eigenvalue weighted by molar-refractivity contribution is -0.111. The highest BCUT2D eigenvalue weighted by molar-refractivity contribution is 7.07. The van der Waals surface area contributed by atoms with Gasteiger partial charge in [-0.25, -0.2) is 0 Å². The number of methoxy groups -OCH3 is 3. The van der Waals surface area contributed by atoms with Crippen LogP contribution >= 0.6 is 34.5 Å². The van der Waals surface area contributed by atoms with Crippen LogP contribution in [0.5, 0.6) is 23.0 Å². The Morgan fingerprint density at radius 1 is 1.00 bits per heavy atom. The average Bonchev–Trinajstić information content (AvgIpc) is 3.27. The number of halogens is 2. The Morgan fingerprint density at radius 3 is 2.24 bits per heavy atom. The van der Waals surface area contributed by atoms with E-state index in [-0.39, 0.29) is 14.8 Å². The smallest absolute Gasteiger partial charge is 0.273 e. The molecule has 0 atom stereocenters. The SMILES string of the molecule is CCOc1ccc(-n2c(=C(C#N)C(=O)Nc3cc(Cl)cc(Cl)c3)sc(=Cc3ccc(OC)c(OC)c3OC)c2=O)cc1. The second-order valence-corrected chi connectivity index (χ2v) is 10.4. The fourth-order valence-corrected chi connectivity index (χ4v) is 5.76. The van der Waals surface area contributed by atoms with Crippen molar-refractivity contribution >= 4 is 57.8 Å². The predicted molar refractivity (Wildman–Crippen MR) is 164 cm³/mol. The van der Waals surface area contributed by atoms with Crippen LogP contribution in [0, 0.1) is 11.3 Å². The number of hydrogen-bond donors (Lipinski definition) is 1. The summed E-state index contributed by atoms with van der Waals surface area (Å²) in [5.41, 5.74) is 0.498. The summed E-state index contributed by atoms with van der Waals surface area (Å²) in [5.74, 6) is 1.00. The van der Waals surface area contributed by atoms with Crippen molar-refractivity contribution < 1.29 is 23.7 Å². The number of hydrogen-bond acceptors (Lipinski definition) is 8. The van der Waals surface area contributed by atoms with Crippen molar-refractivity contribution in [2.45, 2.75) is 6.92 Å². The van der Waals surface area contributed by atoms with Gasteiger partial charge in [0.15, 0.2) is 17.1 Å². The number of benzene rings is 3. The fraction of sp³-hybridized carbons (Fsp3) is 0.167. The van der Waals surface area contributed by atoms with Gasteiger partial charge in [0.2, 0.25) is 5.75 Å². The third kappa shape index (κ3) is 6.39. The molecule has 0 aliphatic rings. The minimum absolute atomic E-state index is 0.114. The topological polar surface area (TPSA) is 112 Å². The summed E-state index contributed by atoms with van der Waals surface area (Å²) in [7, 11) is 4.45. The molecule has 0 bridgehead atoms. The number of nitriles is 1. The lowest BCUT2D eigenvalue weighted by Crippen LogP contribution is -2.32. The van der Waals surface area contributed by atoms with E-state index < -0.39 is 11.5 Å². The van der Waals surface area contributed by atoms with Crippen molar-refractivity contribution in [1.29, 1.82) is 5.26 Å². The number of thiazole rings is 1. The van der Waals surface area contributed by atoms with Crippen LogP contribution in [-0.4, -0.2) is 38.4 Å². The van der Waals surface area contributed by atoms with E-state index in [0.29, 0.717) is 56.6 Å². The Bertz CT molecular complexity index is 1840. The molecule has 4 rings (SSSR count). The van der Waals surface area contributed by atoms with Gasteiger partial charge in [-0.05, 0) is 67.6 Å². The lowest BCUT2D eigenvalue weighted by Gasteiger charge is -2.13. The monoisotopic (exact) mass is 625 g/mol. The molecule has 0 aliphatic heterocycles. The summed E-state index contributed by atoms with van der Waals surface area (Å²) in [6.07, 6.45) is 1.60. The minimum atomic E-state index is -0.744. The molecule has 42 heavy (non-hydrogen) atoms. The number of ether oxygens (including phenoxy) is 4. The number of carbonyl (C=O) groups is 1. The van der Waals surface area contributed by atoms with Gasteiger partial charge < -0.3 is 24.3 Å². The first-order valence-electron chi connectivity index (χ1n) is 12.4. The van der Waals surface area contributed by atoms with Gasteiger partial charge in [0.05, 0.1) is 38.2 Å². The molecule has 0 unspecified atom stereocenters. The second-order valence-electron chi connectivity index (χ2n) is 8.51. The van der Waals surface area contributed by atoms with Crippen LogP contribution < -0.4 is 39.0 Å². The van der Waals surface area contributed by atoms with Gasteiger partial charge in [-0.1, -0.05) is 23.2 Å². The van der Waals surface area contributed by atoms with E-state index in [2.05, 4.69) is 5.32 Å². The third-order valence-electron chi connectivity index (χ3n) is 5.92. The Labute approximate surface area is 255 Å². The summed E-state index contributed by atoms with van der Waals surface area (Å²) in [5, 5.41) is 13.4. The number of nitrogens with zero attached hydrogens (tertiary/aromatic N) is 2. The lowest BCUT2D eigenvalue weighted by atomic mass is 10.1. The fourth-order valence-electron chi connectivity index (χ4n) is 4.14. The number of nitrogens with one attached hydrogen (secondary N) is 1. The molecule has 9 nitrogen and oxygen atoms in total. The summed E-state index contributed by atoms with van der Waals surface area (Å²) < 4.78 is 23.6. The zero-order chi connectivity index (χ0) is 30.4. The Morgan fingerprint density at radius 2 is 1.67 bits per heavy atom. The zero-order valence-electron chi connectivity index (χ0n) is 23.0. The molecule has 0 saturated carbocycles. The molecule has 0 saturated heterocycles. The Hall–Kier alpha value is -4.43. The van der Waals surface area contributed by atoms with E-state index in [1.807, 2.05) is 13.0 Å². The van der Waals surface area contributed by atoms with E-state index in [4.69, 9.17) is 42.1 Å². The second kappa shape index (κ2) is 13.5. The normalized spacial score (nSPS) is 11.9. The maximum Gasteiger partial charge on any atom is 0.273 e. The summed E-state index contributed by atoms with van der Waals surface area (Å²) in [6.45, 7) is 2.33. The molecule has 216 valence electrons. The summed E-state index contributed by atoms with van der Waals surface area (Å²) in [4.78, 5) is 27.3. The van der Waals surface area contributed by atoms with Crippen molar-refractivity contribution in [2.75, 3.05) is 33.3 Å². The van der Waals surface area contributed by atoms with Gasteiger partial charge in [0.1, 0.15) is 16.5 Å². The highest BCUT2D eigenvalue weighted by Gasteiger charge is 2.19. The Kier molecular flexibility index (Phi) is 9.80. The molecule has 0 aliphatic carbocycles. The first-order chi connectivity index (χ1) is 20.2. The van der Waals surface area contributed by atoms with E-state index in [9.17, 15) is 14.9 Å². The molecule has 0 fully saturated rings. The van der Waals surface area contributed by atoms with Gasteiger partial charge in [-0.3, -0.25) is 14.2 Å². The molecule has 4 aromatic rings. The van der Waals surface area contributed by atoms with Crippen LogP contribution in [0.3, 0.4) is 0 Å². The number of aromatic nitrogens is 1. The summed E-state index contributed by atoms with van der Waals surface area (Å²) in [6, 6.07) is 16.6. The standard InChI is InChI=1S/C30H25Cl2N3O6S/c1-5-41-22-9-7-21(8-10-22)35-29(37)25(12-17-6-11-24(38-2)27(40-4)26(17)39-3)42-30(35)23(16-33)28(36)34-20-14-18(31)13-19(32)15-20/h6-15H,5H2,1-4H3,(H,34,36). The van der Waals surface area contributed by atoms with Gasteiger partial charge in [-0.15, -0.1) is 11.3 Å². The van der Waals surface area contributed by atoms with Crippen LogP contribution in [0.1, 0.15) is 12.5 Å². The van der Waals surface area contributed by atoms with Crippen LogP contribution in [-0.2, 0) is 4.79 Å². The zero-order valence-corrected chi connectivity index (χ0v) is 25.3. The van der Waals surface area contributed by atoms with E-state index >= 15 is 0 Å². The van der Waals surface area contributed by atoms with Gasteiger partial charge >= 0.3 is 0 Å². The van der Waals surface area contributed by atoms with E-state index in [0.717, 1.165) is 11.3 Å². The van der Waals surface area contributed by atoms with Gasteiger partial charge in [-0.2, -0.15) is 5.26 Å². The van der Waals surface area contributed by atoms with Crippen molar-refractivity contribution in [3.8, 4) is 34.8 Å². The predicted octanol–water partition coefficient (Wildman–Crippen LogP) is 4.77. The highest BCUT2D eigenvalue weighted by Crippen LogP contribution is 2.40. The molecule has 1 aromatic heterocycles. The van der Waals surface area contributed by atoms with Gasteiger partial charge in [0, 0.05) is 21.3 Å². The number of amides is 1. The molecule has 1 N–H and O–H groups in total. The molecule has 3 aromatic carbocycles. The number of carbonyl (C=O) groups excluding carboxylic acids is 1. The first kappa shape index (κ1) is 30.5. The Balaban J connectivity index is 1.99. The van der Waals surface area contributed by atoms with Crippen LogP contribution in [0.25, 0.3) is 17.3 Å². The van der Waals surface area contributed by atoms with Crippen LogP contribution in [0.2, 0.25) is 10.0 Å². The molecule has 0 spiro atoms. The first-order valence-corrected chi connectivity index (χ1v) is 14.0. The third-order valence-corrected chi connectivity index (χ3v) is 7.45. The van der Waals surface area contributed by atoms with Crippen molar-refractivity contribution in [1.82, 2.24) is 4.57 Å². The average molecular weight is 627 g/mol. The molecular weight excluding hydrogens is 601 g/mol. The van der Waals surface area contributed by atoms with Crippen LogP contribution in [0.15, 0.2) is 59.4 Å². The molecule has 12 heteroatoms.